The number of halogens is 3. The van der Waals surface area contributed by atoms with Crippen molar-refractivity contribution in [1.82, 2.24) is 20.4 Å². The summed E-state index contributed by atoms with van der Waals surface area (Å²) in [7, 11) is 0. The van der Waals surface area contributed by atoms with Crippen molar-refractivity contribution in [1.29, 1.82) is 0 Å². The zero-order valence-electron chi connectivity index (χ0n) is 20.9. The molecule has 0 bridgehead atoms. The molecule has 3 amide bonds. The van der Waals surface area contributed by atoms with Gasteiger partial charge >= 0.3 is 6.03 Å². The van der Waals surface area contributed by atoms with Crippen LogP contribution in [0.15, 0.2) is 40.9 Å². The summed E-state index contributed by atoms with van der Waals surface area (Å²) in [5.74, 6) is 1.92. The molecule has 1 aliphatic heterocycles. The van der Waals surface area contributed by atoms with Crippen molar-refractivity contribution >= 4 is 51.1 Å². The molecule has 0 aromatic heterocycles. The third-order valence-corrected chi connectivity index (χ3v) is 8.14. The first-order valence-corrected chi connectivity index (χ1v) is 14.3. The van der Waals surface area contributed by atoms with E-state index in [9.17, 15) is 9.59 Å². The number of ether oxygens (including phenoxy) is 1. The fourth-order valence-electron chi connectivity index (χ4n) is 4.87. The number of hydrogen-bond acceptors (Lipinski definition) is 4. The van der Waals surface area contributed by atoms with Gasteiger partial charge in [-0.2, -0.15) is 0 Å². The Balaban J connectivity index is 1.24. The Bertz CT molecular complexity index is 1110. The summed E-state index contributed by atoms with van der Waals surface area (Å²) < 4.78 is 6.89. The summed E-state index contributed by atoms with van der Waals surface area (Å²) >= 11 is 15.6. The van der Waals surface area contributed by atoms with Crippen LogP contribution in [0.5, 0.6) is 11.5 Å². The number of nitrogens with zero attached hydrogens (tertiary/aromatic N) is 2. The van der Waals surface area contributed by atoms with E-state index in [0.29, 0.717) is 72.8 Å². The van der Waals surface area contributed by atoms with Gasteiger partial charge in [0.05, 0.1) is 16.6 Å². The van der Waals surface area contributed by atoms with E-state index < -0.39 is 0 Å². The lowest BCUT2D eigenvalue weighted by atomic mass is 9.87. The molecular formula is C27H33BrCl2N4O3. The van der Waals surface area contributed by atoms with E-state index in [-0.39, 0.29) is 11.9 Å². The number of nitrogens with one attached hydrogen (secondary N) is 2. The SMILES string of the molecule is CC1CCCC(NC(=O)CN2CCN(C(=O)NCc3ccc(Br)cc3Oc3ccc(Cl)c(Cl)c3)CC2)C1. The highest BCUT2D eigenvalue weighted by Gasteiger charge is 2.25. The summed E-state index contributed by atoms with van der Waals surface area (Å²) in [5.41, 5.74) is 0.829. The molecule has 2 unspecified atom stereocenters. The number of carbonyl (C=O) groups is 2. The van der Waals surface area contributed by atoms with Crippen LogP contribution in [0.4, 0.5) is 4.79 Å². The maximum atomic E-state index is 12.8. The topological polar surface area (TPSA) is 73.9 Å². The van der Waals surface area contributed by atoms with Gasteiger partial charge in [-0.25, -0.2) is 4.79 Å². The maximum Gasteiger partial charge on any atom is 0.317 e. The zero-order valence-corrected chi connectivity index (χ0v) is 24.0. The minimum atomic E-state index is -0.135. The third kappa shape index (κ3) is 8.24. The average molecular weight is 612 g/mol. The zero-order chi connectivity index (χ0) is 26.4. The molecule has 2 fully saturated rings. The fourth-order valence-corrected chi connectivity index (χ4v) is 5.50. The second-order valence-electron chi connectivity index (χ2n) is 9.89. The highest BCUT2D eigenvalue weighted by molar-refractivity contribution is 9.10. The van der Waals surface area contributed by atoms with Crippen molar-refractivity contribution in [3.05, 3.63) is 56.5 Å². The average Bonchev–Trinajstić information content (AvgIpc) is 2.86. The molecule has 1 saturated heterocycles. The second-order valence-corrected chi connectivity index (χ2v) is 11.6. The monoisotopic (exact) mass is 610 g/mol. The molecule has 200 valence electrons. The summed E-state index contributed by atoms with van der Waals surface area (Å²) in [4.78, 5) is 29.3. The van der Waals surface area contributed by atoms with Crippen LogP contribution >= 0.6 is 39.1 Å². The second kappa shape index (κ2) is 13.2. The van der Waals surface area contributed by atoms with E-state index in [1.165, 1.54) is 12.8 Å². The minimum absolute atomic E-state index is 0.0849. The molecule has 2 atom stereocenters. The quantitative estimate of drug-likeness (QED) is 0.399. The van der Waals surface area contributed by atoms with E-state index in [0.717, 1.165) is 22.9 Å². The van der Waals surface area contributed by atoms with Gasteiger partial charge in [0.15, 0.2) is 0 Å². The van der Waals surface area contributed by atoms with E-state index in [4.69, 9.17) is 27.9 Å². The van der Waals surface area contributed by atoms with E-state index in [1.807, 2.05) is 18.2 Å². The molecule has 1 saturated carbocycles. The van der Waals surface area contributed by atoms with Crippen LogP contribution in [-0.2, 0) is 11.3 Å². The summed E-state index contributed by atoms with van der Waals surface area (Å²) in [6, 6.07) is 10.9. The van der Waals surface area contributed by atoms with E-state index in [1.54, 1.807) is 23.1 Å². The van der Waals surface area contributed by atoms with Crippen molar-refractivity contribution in [3.63, 3.8) is 0 Å². The van der Waals surface area contributed by atoms with Crippen molar-refractivity contribution in [2.45, 2.75) is 45.2 Å². The Morgan fingerprint density at radius 3 is 2.57 bits per heavy atom. The number of benzene rings is 2. The van der Waals surface area contributed by atoms with Gasteiger partial charge in [-0.3, -0.25) is 9.69 Å². The number of urea groups is 1. The number of amides is 3. The summed E-state index contributed by atoms with van der Waals surface area (Å²) in [6.45, 7) is 5.44. The summed E-state index contributed by atoms with van der Waals surface area (Å²) in [5, 5.41) is 7.05. The van der Waals surface area contributed by atoms with Gasteiger partial charge in [0.1, 0.15) is 11.5 Å². The Hall–Kier alpha value is -2.00. The third-order valence-electron chi connectivity index (χ3n) is 6.91. The smallest absolute Gasteiger partial charge is 0.317 e. The predicted octanol–water partition coefficient (Wildman–Crippen LogP) is 6.07. The molecule has 1 heterocycles. The van der Waals surface area contributed by atoms with Gasteiger partial charge in [-0.1, -0.05) is 65.0 Å². The van der Waals surface area contributed by atoms with Crippen LogP contribution in [0.2, 0.25) is 10.0 Å². The minimum Gasteiger partial charge on any atom is -0.457 e. The Morgan fingerprint density at radius 1 is 1.05 bits per heavy atom. The molecule has 0 radical (unpaired) electrons. The van der Waals surface area contributed by atoms with Crippen molar-refractivity contribution < 1.29 is 14.3 Å². The van der Waals surface area contributed by atoms with Crippen molar-refractivity contribution in [3.8, 4) is 11.5 Å². The van der Waals surface area contributed by atoms with E-state index in [2.05, 4.69) is 38.4 Å². The molecule has 4 rings (SSSR count). The van der Waals surface area contributed by atoms with Crippen LogP contribution in [0, 0.1) is 5.92 Å². The highest BCUT2D eigenvalue weighted by Crippen LogP contribution is 2.32. The molecular weight excluding hydrogens is 579 g/mol. The molecule has 2 aromatic carbocycles. The summed E-state index contributed by atoms with van der Waals surface area (Å²) in [6.07, 6.45) is 4.58. The molecule has 1 aliphatic carbocycles. The van der Waals surface area contributed by atoms with Gasteiger partial charge < -0.3 is 20.3 Å². The molecule has 37 heavy (non-hydrogen) atoms. The maximum absolute atomic E-state index is 12.8. The van der Waals surface area contributed by atoms with Gasteiger partial charge in [0.25, 0.3) is 0 Å². The normalized spacial score (nSPS) is 20.4. The standard InChI is InChI=1S/C27H33BrCl2N4O3/c1-18-3-2-4-21(13-18)32-26(35)17-33-9-11-34(12-10-33)27(36)31-16-19-5-6-20(28)14-25(19)37-22-7-8-23(29)24(30)15-22/h5-8,14-15,18,21H,2-4,9-13,16-17H2,1H3,(H,31,36)(H,32,35). The van der Waals surface area contributed by atoms with Crippen LogP contribution < -0.4 is 15.4 Å². The van der Waals surface area contributed by atoms with Gasteiger partial charge in [-0.15, -0.1) is 0 Å². The number of rotatable bonds is 7. The van der Waals surface area contributed by atoms with Crippen LogP contribution in [-0.4, -0.2) is 60.5 Å². The van der Waals surface area contributed by atoms with Gasteiger partial charge in [-0.05, 0) is 43.0 Å². The van der Waals surface area contributed by atoms with Gasteiger partial charge in [0.2, 0.25) is 5.91 Å². The first-order valence-electron chi connectivity index (χ1n) is 12.7. The van der Waals surface area contributed by atoms with Crippen molar-refractivity contribution in [2.24, 2.45) is 5.92 Å². The lowest BCUT2D eigenvalue weighted by molar-refractivity contribution is -0.123. The Kier molecular flexibility index (Phi) is 9.98. The Morgan fingerprint density at radius 2 is 1.84 bits per heavy atom. The van der Waals surface area contributed by atoms with Gasteiger partial charge in [0, 0.05) is 54.9 Å². The molecule has 2 N–H and O–H groups in total. The lowest BCUT2D eigenvalue weighted by Gasteiger charge is -2.35. The molecule has 0 spiro atoms. The molecule has 2 aliphatic rings. The molecule has 7 nitrogen and oxygen atoms in total. The first-order chi connectivity index (χ1) is 17.8. The largest absolute Gasteiger partial charge is 0.457 e. The Labute approximate surface area is 236 Å². The van der Waals surface area contributed by atoms with Crippen molar-refractivity contribution in [2.75, 3.05) is 32.7 Å². The van der Waals surface area contributed by atoms with E-state index >= 15 is 0 Å². The number of piperazine rings is 1. The predicted molar refractivity (Wildman–Crippen MR) is 150 cm³/mol. The number of hydrogen-bond donors (Lipinski definition) is 2. The van der Waals surface area contributed by atoms with Crippen LogP contribution in [0.25, 0.3) is 0 Å². The van der Waals surface area contributed by atoms with Crippen LogP contribution in [0.1, 0.15) is 38.2 Å². The highest BCUT2D eigenvalue weighted by atomic mass is 79.9. The van der Waals surface area contributed by atoms with Crippen LogP contribution in [0.3, 0.4) is 0 Å². The fraction of sp³-hybridized carbons (Fsp3) is 0.481. The molecule has 10 heteroatoms. The molecule has 2 aromatic rings. The number of carbonyl (C=O) groups excluding carboxylic acids is 2. The first kappa shape index (κ1) is 28.0. The lowest BCUT2D eigenvalue weighted by Crippen LogP contribution is -2.54.